The van der Waals surface area contributed by atoms with Gasteiger partial charge in [0.2, 0.25) is 0 Å². The van der Waals surface area contributed by atoms with Crippen LogP contribution in [0.4, 0.5) is 0 Å². The van der Waals surface area contributed by atoms with Gasteiger partial charge in [-0.2, -0.15) is 0 Å². The van der Waals surface area contributed by atoms with E-state index < -0.39 is 95.5 Å². The van der Waals surface area contributed by atoms with Crippen LogP contribution in [-0.4, -0.2) is 160 Å². The van der Waals surface area contributed by atoms with Gasteiger partial charge in [-0.1, -0.05) is 25.9 Å². The number of carbonyl (C=O) groups is 1. The zero-order valence-corrected chi connectivity index (χ0v) is 35.2. The van der Waals surface area contributed by atoms with E-state index >= 15 is 0 Å². The van der Waals surface area contributed by atoms with Gasteiger partial charge in [0.15, 0.2) is 12.6 Å². The minimum absolute atomic E-state index is 0.0518. The number of carbonyl (C=O) groups excluding carboxylic acids is 1. The lowest BCUT2D eigenvalue weighted by Crippen LogP contribution is -2.68. The summed E-state index contributed by atoms with van der Waals surface area (Å²) in [4.78, 5) is 19.0. The number of esters is 1. The second-order valence-corrected chi connectivity index (χ2v) is 17.4. The molecular weight excluding hydrogens is 718 g/mol. The first-order chi connectivity index (χ1) is 25.4. The number of nitrogens with zero attached hydrogens (tertiary/aromatic N) is 4. The summed E-state index contributed by atoms with van der Waals surface area (Å²) in [5.74, 6) is -2.85. The molecule has 17 heteroatoms. The molecule has 55 heavy (non-hydrogen) atoms. The van der Waals surface area contributed by atoms with Gasteiger partial charge in [-0.15, -0.1) is 0 Å². The quantitative estimate of drug-likeness (QED) is 0.0851. The first-order valence-electron chi connectivity index (χ1n) is 19.7. The van der Waals surface area contributed by atoms with E-state index in [9.17, 15) is 30.3 Å². The highest BCUT2D eigenvalue weighted by atomic mass is 16.7. The standard InChI is InChI=1S/C38H71N5O12/c1-14-27-37(10,48)31(45)24(6)40-18-20(2)16-35(8,47)32(55-34-29(44)26(43(11)12)15-21(3)51-34)22(4)30(23(5)33(46)53-27)54-28-17-36(9,50-13)38(49,19-41-42-39)25(7)52-28/h20-32,34,40,44-45,47-49H,14-19H2,1-13H3/t20-,21-,22+,23-,24-,25+,26+,27-,28+,29-,30+,31-,32-,34+,35+,36-,37-,38-/m1/s1. The van der Waals surface area contributed by atoms with Gasteiger partial charge in [-0.05, 0) is 99.8 Å². The van der Waals surface area contributed by atoms with E-state index in [4.69, 9.17) is 34.0 Å². The Hall–Kier alpha value is -1.70. The normalized spacial score (nSPS) is 48.3. The van der Waals surface area contributed by atoms with Gasteiger partial charge in [0, 0.05) is 36.4 Å². The summed E-state index contributed by atoms with van der Waals surface area (Å²) in [6.07, 6.45) is -8.37. The molecule has 17 nitrogen and oxygen atoms in total. The van der Waals surface area contributed by atoms with Crippen molar-refractivity contribution in [3.63, 3.8) is 0 Å². The van der Waals surface area contributed by atoms with Gasteiger partial charge in [-0.3, -0.25) is 4.79 Å². The lowest BCUT2D eigenvalue weighted by atomic mass is 9.75. The molecule has 3 saturated heterocycles. The number of azide groups is 1. The third-order valence-electron chi connectivity index (χ3n) is 12.6. The van der Waals surface area contributed by atoms with Crippen molar-refractivity contribution in [3.05, 3.63) is 10.4 Å². The lowest BCUT2D eigenvalue weighted by molar-refractivity contribution is -0.335. The molecule has 0 aromatic heterocycles. The molecule has 6 N–H and O–H groups in total. The van der Waals surface area contributed by atoms with Crippen molar-refractivity contribution in [1.82, 2.24) is 10.2 Å². The molecule has 18 atom stereocenters. The summed E-state index contributed by atoms with van der Waals surface area (Å²) in [6.45, 7) is 17.0. The first kappa shape index (κ1) is 47.7. The Morgan fingerprint density at radius 2 is 1.65 bits per heavy atom. The Kier molecular flexibility index (Phi) is 16.4. The van der Waals surface area contributed by atoms with Gasteiger partial charge < -0.3 is 64.2 Å². The number of aliphatic hydroxyl groups is 5. The highest BCUT2D eigenvalue weighted by molar-refractivity contribution is 5.73. The Bertz CT molecular complexity index is 1300. The molecule has 0 aliphatic carbocycles. The van der Waals surface area contributed by atoms with Gasteiger partial charge in [0.05, 0.1) is 42.5 Å². The number of hydrogen-bond donors (Lipinski definition) is 6. The monoisotopic (exact) mass is 790 g/mol. The fourth-order valence-electron chi connectivity index (χ4n) is 8.86. The summed E-state index contributed by atoms with van der Waals surface area (Å²) in [6, 6.07) is -0.923. The molecule has 0 unspecified atom stereocenters. The van der Waals surface area contributed by atoms with Gasteiger partial charge >= 0.3 is 5.97 Å². The molecule has 3 rings (SSSR count). The van der Waals surface area contributed by atoms with Gasteiger partial charge in [0.25, 0.3) is 0 Å². The zero-order chi connectivity index (χ0) is 41.8. The molecule has 0 radical (unpaired) electrons. The summed E-state index contributed by atoms with van der Waals surface area (Å²) in [7, 11) is 5.15. The average molecular weight is 790 g/mol. The Morgan fingerprint density at radius 3 is 2.22 bits per heavy atom. The highest BCUT2D eigenvalue weighted by Gasteiger charge is 2.58. The molecule has 320 valence electrons. The van der Waals surface area contributed by atoms with Crippen molar-refractivity contribution in [3.8, 4) is 0 Å². The Morgan fingerprint density at radius 1 is 1.02 bits per heavy atom. The third kappa shape index (κ3) is 10.5. The SMILES string of the molecule is CC[C@H]1OC(=O)[C@H](C)[C@@H](O[C@H]2C[C@@](C)(OC)[C@@](O)(CN=[N+]=[N-])[C@H](C)O2)[C@H](C)[C@@H](O[C@@H]2O[C@H](C)C[C@H](N(C)C)[C@H]2O)[C@@](C)(O)C[C@@H](C)CN[C@H](C)[C@@H](O)[C@]1(C)O. The number of likely N-dealkylation sites (N-methyl/N-ethyl adjacent to an activating group) is 1. The first-order valence-corrected chi connectivity index (χ1v) is 19.7. The number of hydrogen-bond acceptors (Lipinski definition) is 15. The number of aliphatic hydroxyl groups excluding tert-OH is 2. The van der Waals surface area contributed by atoms with Crippen molar-refractivity contribution in [2.75, 3.05) is 34.3 Å². The van der Waals surface area contributed by atoms with Crippen molar-refractivity contribution in [1.29, 1.82) is 0 Å². The number of methoxy groups -OCH3 is 1. The Labute approximate surface area is 326 Å². The van der Waals surface area contributed by atoms with E-state index in [-0.39, 0.29) is 43.9 Å². The van der Waals surface area contributed by atoms with Crippen LogP contribution in [0.5, 0.6) is 0 Å². The van der Waals surface area contributed by atoms with Gasteiger partial charge in [-0.25, -0.2) is 0 Å². The Balaban J connectivity index is 2.18. The predicted octanol–water partition coefficient (Wildman–Crippen LogP) is 2.24. The van der Waals surface area contributed by atoms with Crippen LogP contribution in [0.25, 0.3) is 10.4 Å². The van der Waals surface area contributed by atoms with Crippen LogP contribution in [-0.2, 0) is 33.2 Å². The number of nitrogens with one attached hydrogen (secondary N) is 1. The lowest BCUT2D eigenvalue weighted by Gasteiger charge is -2.53. The van der Waals surface area contributed by atoms with Gasteiger partial charge in [0.1, 0.15) is 35.1 Å². The molecule has 0 aromatic carbocycles. The minimum atomic E-state index is -1.84. The van der Waals surface area contributed by atoms with Crippen molar-refractivity contribution >= 4 is 5.97 Å². The molecule has 0 saturated carbocycles. The fourth-order valence-corrected chi connectivity index (χ4v) is 8.86. The smallest absolute Gasteiger partial charge is 0.311 e. The number of cyclic esters (lactones) is 1. The molecule has 0 aromatic rings. The maximum Gasteiger partial charge on any atom is 0.311 e. The molecule has 0 amide bonds. The molecular formula is C38H71N5O12. The second-order valence-electron chi connectivity index (χ2n) is 17.4. The maximum atomic E-state index is 14.3. The van der Waals surface area contributed by atoms with E-state index in [0.29, 0.717) is 13.0 Å². The average Bonchev–Trinajstić information content (AvgIpc) is 3.11. The van der Waals surface area contributed by atoms with Crippen molar-refractivity contribution < 1.29 is 58.7 Å². The topological polar surface area (TPSA) is 238 Å². The third-order valence-corrected chi connectivity index (χ3v) is 12.6. The number of rotatable bonds is 9. The summed E-state index contributed by atoms with van der Waals surface area (Å²) >= 11 is 0. The maximum absolute atomic E-state index is 14.3. The molecule has 3 aliphatic heterocycles. The van der Waals surface area contributed by atoms with E-state index in [1.54, 1.807) is 48.5 Å². The van der Waals surface area contributed by atoms with E-state index in [1.165, 1.54) is 14.0 Å². The molecule has 3 heterocycles. The summed E-state index contributed by atoms with van der Waals surface area (Å²) in [5, 5.41) is 65.6. The van der Waals surface area contributed by atoms with E-state index in [1.807, 2.05) is 32.8 Å². The van der Waals surface area contributed by atoms with Crippen LogP contribution < -0.4 is 5.32 Å². The van der Waals surface area contributed by atoms with Crippen LogP contribution in [0.3, 0.4) is 0 Å². The summed E-state index contributed by atoms with van der Waals surface area (Å²) in [5.41, 5.74) is 2.52. The largest absolute Gasteiger partial charge is 0.459 e. The predicted molar refractivity (Wildman–Crippen MR) is 203 cm³/mol. The van der Waals surface area contributed by atoms with Crippen LogP contribution in [0, 0.1) is 17.8 Å². The summed E-state index contributed by atoms with van der Waals surface area (Å²) < 4.78 is 37.7. The molecule has 3 aliphatic rings. The minimum Gasteiger partial charge on any atom is -0.459 e. The van der Waals surface area contributed by atoms with Crippen LogP contribution in [0.2, 0.25) is 0 Å². The molecule has 3 fully saturated rings. The van der Waals surface area contributed by atoms with Crippen molar-refractivity contribution in [2.45, 2.75) is 185 Å². The van der Waals surface area contributed by atoms with Crippen LogP contribution in [0.15, 0.2) is 5.11 Å². The molecule has 0 spiro atoms. The van der Waals surface area contributed by atoms with Crippen molar-refractivity contribution in [2.24, 2.45) is 22.9 Å². The number of ether oxygens (including phenoxy) is 6. The van der Waals surface area contributed by atoms with E-state index in [0.717, 1.165) is 0 Å². The molecule has 0 bridgehead atoms. The fraction of sp³-hybridized carbons (Fsp3) is 0.974. The van der Waals surface area contributed by atoms with Crippen LogP contribution >= 0.6 is 0 Å². The highest BCUT2D eigenvalue weighted by Crippen LogP contribution is 2.43. The second kappa shape index (κ2) is 18.9. The zero-order valence-electron chi connectivity index (χ0n) is 35.2. The van der Waals surface area contributed by atoms with E-state index in [2.05, 4.69) is 15.3 Å². The van der Waals surface area contributed by atoms with Crippen LogP contribution in [0.1, 0.15) is 94.9 Å².